The topological polar surface area (TPSA) is 51.0 Å². The molecule has 2 rings (SSSR count). The molecule has 3 nitrogen and oxygen atoms in total. The number of halogens is 1. The maximum absolute atomic E-state index is 5.82. The first-order valence-electron chi connectivity index (χ1n) is 7.28. The fourth-order valence-electron chi connectivity index (χ4n) is 2.33. The fraction of sp³-hybridized carbons (Fsp3) is 0.500. The lowest BCUT2D eigenvalue weighted by molar-refractivity contribution is 0.305. The predicted octanol–water partition coefficient (Wildman–Crippen LogP) is 4.05. The number of hydrogen-bond donors (Lipinski definition) is 2. The highest BCUT2D eigenvalue weighted by molar-refractivity contribution is 5.85. The number of nitrogens with one attached hydrogen (secondary N) is 1. The number of aromatic amines is 1. The third-order valence-corrected chi connectivity index (χ3v) is 3.42. The van der Waals surface area contributed by atoms with Crippen LogP contribution in [0.25, 0.3) is 10.9 Å². The second kappa shape index (κ2) is 8.88. The first kappa shape index (κ1) is 16.9. The van der Waals surface area contributed by atoms with E-state index in [2.05, 4.69) is 24.0 Å². The van der Waals surface area contributed by atoms with Crippen molar-refractivity contribution < 1.29 is 4.74 Å². The van der Waals surface area contributed by atoms with Crippen molar-refractivity contribution in [3.63, 3.8) is 0 Å². The molecule has 1 aromatic heterocycles. The summed E-state index contributed by atoms with van der Waals surface area (Å²) in [5.74, 6) is 0.960. The van der Waals surface area contributed by atoms with Crippen LogP contribution in [0.4, 0.5) is 0 Å². The van der Waals surface area contributed by atoms with Crippen molar-refractivity contribution >= 4 is 23.3 Å². The molecule has 0 saturated heterocycles. The van der Waals surface area contributed by atoms with Gasteiger partial charge in [0.25, 0.3) is 0 Å². The summed E-state index contributed by atoms with van der Waals surface area (Å²) in [7, 11) is 0. The highest BCUT2D eigenvalue weighted by atomic mass is 35.5. The number of ether oxygens (including phenoxy) is 1. The minimum Gasteiger partial charge on any atom is -0.494 e. The fourth-order valence-corrected chi connectivity index (χ4v) is 2.33. The Morgan fingerprint density at radius 2 is 2.05 bits per heavy atom. The summed E-state index contributed by atoms with van der Waals surface area (Å²) >= 11 is 0. The largest absolute Gasteiger partial charge is 0.494 e. The van der Waals surface area contributed by atoms with Crippen molar-refractivity contribution in [3.8, 4) is 5.75 Å². The number of rotatable bonds is 8. The first-order valence-corrected chi connectivity index (χ1v) is 7.28. The Balaban J connectivity index is 0.00000200. The van der Waals surface area contributed by atoms with E-state index in [0.717, 1.165) is 30.7 Å². The van der Waals surface area contributed by atoms with Crippen molar-refractivity contribution in [2.75, 3.05) is 13.2 Å². The third-order valence-electron chi connectivity index (χ3n) is 3.42. The van der Waals surface area contributed by atoms with Crippen LogP contribution in [0.15, 0.2) is 24.4 Å². The Morgan fingerprint density at radius 3 is 2.80 bits per heavy atom. The molecule has 0 fully saturated rings. The highest BCUT2D eigenvalue weighted by Crippen LogP contribution is 2.24. The predicted molar refractivity (Wildman–Crippen MR) is 87.9 cm³/mol. The molecule has 1 heterocycles. The monoisotopic (exact) mass is 296 g/mol. The van der Waals surface area contributed by atoms with Crippen molar-refractivity contribution in [1.29, 1.82) is 0 Å². The summed E-state index contributed by atoms with van der Waals surface area (Å²) in [5.41, 5.74) is 8.06. The normalized spacial score (nSPS) is 10.5. The number of unbranched alkanes of at least 4 members (excludes halogenated alkanes) is 3. The molecule has 4 heteroatoms. The highest BCUT2D eigenvalue weighted by Gasteiger charge is 2.04. The van der Waals surface area contributed by atoms with Crippen molar-refractivity contribution in [2.45, 2.75) is 39.0 Å². The maximum atomic E-state index is 5.82. The summed E-state index contributed by atoms with van der Waals surface area (Å²) in [6, 6.07) is 6.23. The van der Waals surface area contributed by atoms with Gasteiger partial charge in [0.05, 0.1) is 6.61 Å². The molecular weight excluding hydrogens is 272 g/mol. The van der Waals surface area contributed by atoms with Crippen molar-refractivity contribution in [2.24, 2.45) is 5.73 Å². The van der Waals surface area contributed by atoms with Gasteiger partial charge in [-0.3, -0.25) is 0 Å². The van der Waals surface area contributed by atoms with Crippen LogP contribution in [0.5, 0.6) is 5.75 Å². The molecule has 112 valence electrons. The van der Waals surface area contributed by atoms with Crippen LogP contribution in [0.2, 0.25) is 0 Å². The van der Waals surface area contributed by atoms with Crippen LogP contribution in [-0.2, 0) is 6.42 Å². The van der Waals surface area contributed by atoms with E-state index in [4.69, 9.17) is 10.5 Å². The van der Waals surface area contributed by atoms with Gasteiger partial charge >= 0.3 is 0 Å². The van der Waals surface area contributed by atoms with Gasteiger partial charge in [-0.1, -0.05) is 26.2 Å². The Labute approximate surface area is 127 Å². The van der Waals surface area contributed by atoms with E-state index in [1.54, 1.807) is 0 Å². The molecule has 0 aliphatic heterocycles. The quantitative estimate of drug-likeness (QED) is 0.722. The second-order valence-corrected chi connectivity index (χ2v) is 4.97. The Kier molecular flexibility index (Phi) is 7.48. The minimum atomic E-state index is 0. The van der Waals surface area contributed by atoms with Crippen LogP contribution in [-0.4, -0.2) is 18.1 Å². The average molecular weight is 297 g/mol. The number of nitrogens with two attached hydrogens (primary N) is 1. The van der Waals surface area contributed by atoms with Crippen LogP contribution in [0, 0.1) is 0 Å². The van der Waals surface area contributed by atoms with E-state index in [1.807, 2.05) is 12.3 Å². The van der Waals surface area contributed by atoms with Crippen LogP contribution < -0.4 is 10.5 Å². The molecule has 0 radical (unpaired) electrons. The molecule has 0 spiro atoms. The van der Waals surface area contributed by atoms with Gasteiger partial charge in [-0.15, -0.1) is 12.4 Å². The molecule has 2 aromatic rings. The van der Waals surface area contributed by atoms with E-state index in [1.165, 1.54) is 30.2 Å². The van der Waals surface area contributed by atoms with Gasteiger partial charge in [0, 0.05) is 17.1 Å². The molecule has 20 heavy (non-hydrogen) atoms. The summed E-state index contributed by atoms with van der Waals surface area (Å²) in [5, 5.41) is 1.23. The Morgan fingerprint density at radius 1 is 1.20 bits per heavy atom. The van der Waals surface area contributed by atoms with Crippen LogP contribution >= 0.6 is 12.4 Å². The first-order chi connectivity index (χ1) is 9.35. The van der Waals surface area contributed by atoms with Gasteiger partial charge in [-0.05, 0) is 43.1 Å². The molecule has 0 aliphatic carbocycles. The lowest BCUT2D eigenvalue weighted by Crippen LogP contribution is -2.02. The van der Waals surface area contributed by atoms with E-state index < -0.39 is 0 Å². The molecule has 0 bridgehead atoms. The third kappa shape index (κ3) is 4.43. The summed E-state index contributed by atoms with van der Waals surface area (Å²) < 4.78 is 5.82. The summed E-state index contributed by atoms with van der Waals surface area (Å²) in [4.78, 5) is 3.27. The van der Waals surface area contributed by atoms with Crippen molar-refractivity contribution in [1.82, 2.24) is 4.98 Å². The zero-order chi connectivity index (χ0) is 13.5. The zero-order valence-electron chi connectivity index (χ0n) is 12.2. The SMILES string of the molecule is CCCCCCOc1ccc2[nH]cc(CCN)c2c1.Cl. The zero-order valence-corrected chi connectivity index (χ0v) is 13.0. The Hall–Kier alpha value is -1.19. The van der Waals surface area contributed by atoms with E-state index in [0.29, 0.717) is 6.54 Å². The minimum absolute atomic E-state index is 0. The molecular formula is C16H25ClN2O. The lowest BCUT2D eigenvalue weighted by atomic mass is 10.1. The molecule has 0 amide bonds. The summed E-state index contributed by atoms with van der Waals surface area (Å²) in [6.45, 7) is 3.71. The number of fused-ring (bicyclic) bond motifs is 1. The average Bonchev–Trinajstić information content (AvgIpc) is 2.82. The standard InChI is InChI=1S/C16H24N2O.ClH/c1-2-3-4-5-10-19-14-6-7-16-15(11-14)13(8-9-17)12-18-16;/h6-7,11-12,18H,2-5,8-10,17H2,1H3;1H. The van der Waals surface area contributed by atoms with Crippen molar-refractivity contribution in [3.05, 3.63) is 30.0 Å². The molecule has 0 atom stereocenters. The van der Waals surface area contributed by atoms with E-state index >= 15 is 0 Å². The van der Waals surface area contributed by atoms with E-state index in [-0.39, 0.29) is 12.4 Å². The molecule has 0 unspecified atom stereocenters. The van der Waals surface area contributed by atoms with Gasteiger partial charge in [0.15, 0.2) is 0 Å². The second-order valence-electron chi connectivity index (χ2n) is 4.97. The molecule has 0 saturated carbocycles. The van der Waals surface area contributed by atoms with Crippen LogP contribution in [0.3, 0.4) is 0 Å². The maximum Gasteiger partial charge on any atom is 0.120 e. The van der Waals surface area contributed by atoms with E-state index in [9.17, 15) is 0 Å². The molecule has 3 N–H and O–H groups in total. The van der Waals surface area contributed by atoms with Gasteiger partial charge in [-0.2, -0.15) is 0 Å². The van der Waals surface area contributed by atoms with Gasteiger partial charge < -0.3 is 15.5 Å². The number of hydrogen-bond acceptors (Lipinski definition) is 2. The van der Waals surface area contributed by atoms with Crippen LogP contribution in [0.1, 0.15) is 38.2 Å². The Bertz CT molecular complexity index is 510. The smallest absolute Gasteiger partial charge is 0.120 e. The summed E-state index contributed by atoms with van der Waals surface area (Å²) in [6.07, 6.45) is 7.89. The number of benzene rings is 1. The lowest BCUT2D eigenvalue weighted by Gasteiger charge is -2.06. The number of aromatic nitrogens is 1. The van der Waals surface area contributed by atoms with Gasteiger partial charge in [-0.25, -0.2) is 0 Å². The van der Waals surface area contributed by atoms with Gasteiger partial charge in [0.1, 0.15) is 5.75 Å². The number of H-pyrrole nitrogens is 1. The molecule has 1 aromatic carbocycles. The van der Waals surface area contributed by atoms with Gasteiger partial charge in [0.2, 0.25) is 0 Å². The molecule has 0 aliphatic rings.